The van der Waals surface area contributed by atoms with Gasteiger partial charge in [-0.25, -0.2) is 0 Å². The average Bonchev–Trinajstić information content (AvgIpc) is 2.54. The fourth-order valence-electron chi connectivity index (χ4n) is 3.09. The molecule has 112 valence electrons. The number of benzene rings is 1. The summed E-state index contributed by atoms with van der Waals surface area (Å²) in [5, 5.41) is 5.46. The van der Waals surface area contributed by atoms with E-state index in [2.05, 4.69) is 28.2 Å². The Bertz CT molecular complexity index is 614. The summed E-state index contributed by atoms with van der Waals surface area (Å²) in [6.45, 7) is 5.45. The van der Waals surface area contributed by atoms with E-state index in [1.165, 1.54) is 24.9 Å². The normalized spacial score (nSPS) is 19.1. The van der Waals surface area contributed by atoms with Crippen molar-refractivity contribution >= 4 is 28.2 Å². The minimum atomic E-state index is 0.577. The molecule has 1 atom stereocenters. The molecule has 1 aliphatic heterocycles. The zero-order chi connectivity index (χ0) is 14.7. The van der Waals surface area contributed by atoms with Gasteiger partial charge in [0.1, 0.15) is 0 Å². The minimum absolute atomic E-state index is 0.577. The zero-order valence-electron chi connectivity index (χ0n) is 12.5. The Hall–Kier alpha value is -1.32. The van der Waals surface area contributed by atoms with Crippen molar-refractivity contribution in [3.05, 3.63) is 35.5 Å². The van der Waals surface area contributed by atoms with Gasteiger partial charge in [-0.05, 0) is 50.1 Å². The molecule has 0 saturated carbocycles. The number of fused-ring (bicyclic) bond motifs is 1. The largest absolute Gasteiger partial charge is 0.368 e. The zero-order valence-corrected chi connectivity index (χ0v) is 13.2. The maximum atomic E-state index is 6.29. The molecule has 1 saturated heterocycles. The molecule has 21 heavy (non-hydrogen) atoms. The van der Waals surface area contributed by atoms with Crippen LogP contribution in [0.3, 0.4) is 0 Å². The summed E-state index contributed by atoms with van der Waals surface area (Å²) in [6, 6.07) is 8.67. The number of pyridine rings is 1. The van der Waals surface area contributed by atoms with E-state index in [-0.39, 0.29) is 0 Å². The third-order valence-electron chi connectivity index (χ3n) is 4.14. The molecule has 0 bridgehead atoms. The van der Waals surface area contributed by atoms with Gasteiger partial charge in [-0.15, -0.1) is 0 Å². The molecular weight excluding hydrogens is 282 g/mol. The number of rotatable bonds is 4. The Balaban J connectivity index is 1.88. The first-order valence-electron chi connectivity index (χ1n) is 7.81. The maximum absolute atomic E-state index is 6.29. The molecule has 0 spiro atoms. The number of hydrogen-bond donors (Lipinski definition) is 1. The fourth-order valence-corrected chi connectivity index (χ4v) is 3.30. The van der Waals surface area contributed by atoms with Gasteiger partial charge in [0.25, 0.3) is 0 Å². The highest BCUT2D eigenvalue weighted by atomic mass is 35.5. The third-order valence-corrected chi connectivity index (χ3v) is 4.47. The Morgan fingerprint density at radius 2 is 2.29 bits per heavy atom. The first-order chi connectivity index (χ1) is 10.3. The minimum Gasteiger partial charge on any atom is -0.368 e. The lowest BCUT2D eigenvalue weighted by Gasteiger charge is -2.35. The summed E-state index contributed by atoms with van der Waals surface area (Å²) in [4.78, 5) is 7.00. The number of nitrogens with zero attached hydrogens (tertiary/aromatic N) is 2. The smallest absolute Gasteiger partial charge is 0.0950 e. The van der Waals surface area contributed by atoms with Gasteiger partial charge >= 0.3 is 0 Å². The van der Waals surface area contributed by atoms with Crippen LogP contribution in [0, 0.1) is 0 Å². The Morgan fingerprint density at radius 3 is 3.14 bits per heavy atom. The second kappa shape index (κ2) is 6.63. The molecule has 3 rings (SSSR count). The SMILES string of the molecule is CCCNC1CCCN(c2ccc(Cl)c3cccnc23)C1. The predicted molar refractivity (Wildman–Crippen MR) is 90.3 cm³/mol. The number of nitrogens with one attached hydrogen (secondary N) is 1. The monoisotopic (exact) mass is 303 g/mol. The number of anilines is 1. The summed E-state index contributed by atoms with van der Waals surface area (Å²) in [6.07, 6.45) is 5.51. The van der Waals surface area contributed by atoms with Crippen LogP contribution in [0.25, 0.3) is 10.9 Å². The molecule has 2 heterocycles. The molecule has 1 unspecified atom stereocenters. The van der Waals surface area contributed by atoms with Gasteiger partial charge in [-0.3, -0.25) is 4.98 Å². The lowest BCUT2D eigenvalue weighted by molar-refractivity contribution is 0.424. The molecule has 0 radical (unpaired) electrons. The van der Waals surface area contributed by atoms with E-state index in [1.54, 1.807) is 0 Å². The van der Waals surface area contributed by atoms with Crippen LogP contribution < -0.4 is 10.2 Å². The molecule has 1 N–H and O–H groups in total. The van der Waals surface area contributed by atoms with Crippen molar-refractivity contribution < 1.29 is 0 Å². The Kier molecular flexibility index (Phi) is 4.61. The van der Waals surface area contributed by atoms with E-state index in [1.807, 2.05) is 24.4 Å². The van der Waals surface area contributed by atoms with Crippen LogP contribution in [0.5, 0.6) is 0 Å². The standard InChI is InChI=1S/C17H22ClN3/c1-2-9-19-13-5-4-11-21(12-13)16-8-7-15(18)14-6-3-10-20-17(14)16/h3,6-8,10,13,19H,2,4-5,9,11-12H2,1H3. The Labute approximate surface area is 131 Å². The molecule has 1 fully saturated rings. The maximum Gasteiger partial charge on any atom is 0.0950 e. The van der Waals surface area contributed by atoms with Crippen LogP contribution in [0.4, 0.5) is 5.69 Å². The fraction of sp³-hybridized carbons (Fsp3) is 0.471. The highest BCUT2D eigenvalue weighted by Gasteiger charge is 2.21. The molecule has 0 amide bonds. The molecule has 1 aliphatic rings. The molecule has 1 aromatic carbocycles. The van der Waals surface area contributed by atoms with Gasteiger partial charge in [-0.2, -0.15) is 0 Å². The average molecular weight is 304 g/mol. The van der Waals surface area contributed by atoms with Crippen molar-refractivity contribution in [1.82, 2.24) is 10.3 Å². The van der Waals surface area contributed by atoms with Gasteiger partial charge in [0.2, 0.25) is 0 Å². The van der Waals surface area contributed by atoms with E-state index in [0.717, 1.165) is 35.6 Å². The Morgan fingerprint density at radius 1 is 1.38 bits per heavy atom. The van der Waals surface area contributed by atoms with Crippen LogP contribution in [0.1, 0.15) is 26.2 Å². The predicted octanol–water partition coefficient (Wildman–Crippen LogP) is 3.86. The second-order valence-electron chi connectivity index (χ2n) is 5.71. The van der Waals surface area contributed by atoms with Crippen LogP contribution in [-0.4, -0.2) is 30.7 Å². The van der Waals surface area contributed by atoms with E-state index in [4.69, 9.17) is 11.6 Å². The highest BCUT2D eigenvalue weighted by Crippen LogP contribution is 2.31. The van der Waals surface area contributed by atoms with E-state index in [0.29, 0.717) is 6.04 Å². The number of aromatic nitrogens is 1. The number of halogens is 1. The second-order valence-corrected chi connectivity index (χ2v) is 6.11. The summed E-state index contributed by atoms with van der Waals surface area (Å²) < 4.78 is 0. The van der Waals surface area contributed by atoms with Gasteiger partial charge in [0, 0.05) is 30.7 Å². The lowest BCUT2D eigenvalue weighted by Crippen LogP contribution is -2.46. The molecule has 3 nitrogen and oxygen atoms in total. The van der Waals surface area contributed by atoms with Crippen molar-refractivity contribution in [2.75, 3.05) is 24.5 Å². The van der Waals surface area contributed by atoms with Crippen molar-refractivity contribution in [3.63, 3.8) is 0 Å². The van der Waals surface area contributed by atoms with E-state index >= 15 is 0 Å². The van der Waals surface area contributed by atoms with Crippen molar-refractivity contribution in [1.29, 1.82) is 0 Å². The summed E-state index contributed by atoms with van der Waals surface area (Å²) >= 11 is 6.29. The number of piperidine rings is 1. The van der Waals surface area contributed by atoms with Gasteiger partial charge < -0.3 is 10.2 Å². The van der Waals surface area contributed by atoms with Crippen molar-refractivity contribution in [3.8, 4) is 0 Å². The highest BCUT2D eigenvalue weighted by molar-refractivity contribution is 6.35. The van der Waals surface area contributed by atoms with Crippen LogP contribution in [-0.2, 0) is 0 Å². The first-order valence-corrected chi connectivity index (χ1v) is 8.19. The molecule has 1 aromatic heterocycles. The topological polar surface area (TPSA) is 28.2 Å². The van der Waals surface area contributed by atoms with Gasteiger partial charge in [0.05, 0.1) is 16.2 Å². The van der Waals surface area contributed by atoms with E-state index < -0.39 is 0 Å². The lowest BCUT2D eigenvalue weighted by atomic mass is 10.0. The quantitative estimate of drug-likeness (QED) is 0.929. The van der Waals surface area contributed by atoms with Gasteiger partial charge in [-0.1, -0.05) is 18.5 Å². The molecule has 4 heteroatoms. The van der Waals surface area contributed by atoms with Gasteiger partial charge in [0.15, 0.2) is 0 Å². The van der Waals surface area contributed by atoms with Crippen LogP contribution in [0.2, 0.25) is 5.02 Å². The van der Waals surface area contributed by atoms with Crippen LogP contribution in [0.15, 0.2) is 30.5 Å². The van der Waals surface area contributed by atoms with Crippen molar-refractivity contribution in [2.45, 2.75) is 32.2 Å². The summed E-state index contributed by atoms with van der Waals surface area (Å²) in [7, 11) is 0. The van der Waals surface area contributed by atoms with Crippen molar-refractivity contribution in [2.24, 2.45) is 0 Å². The third kappa shape index (κ3) is 3.14. The van der Waals surface area contributed by atoms with Crippen LogP contribution >= 0.6 is 11.6 Å². The summed E-state index contributed by atoms with van der Waals surface area (Å²) in [5.74, 6) is 0. The molecular formula is C17H22ClN3. The molecule has 2 aromatic rings. The number of hydrogen-bond acceptors (Lipinski definition) is 3. The molecule has 0 aliphatic carbocycles. The first kappa shape index (κ1) is 14.6. The van der Waals surface area contributed by atoms with E-state index in [9.17, 15) is 0 Å². The summed E-state index contributed by atoms with van der Waals surface area (Å²) in [5.41, 5.74) is 2.22.